The number of aliphatic carboxylic acids is 1. The first-order chi connectivity index (χ1) is 11.1. The number of carbonyl (C=O) groups excluding carboxylic acids is 1. The lowest BCUT2D eigenvalue weighted by atomic mass is 9.85. The number of carboxylic acid groups (broad SMARTS) is 1. The quantitative estimate of drug-likeness (QED) is 0.673. The number of nitrogens with zero attached hydrogens (tertiary/aromatic N) is 1. The summed E-state index contributed by atoms with van der Waals surface area (Å²) in [7, 11) is 0. The smallest absolute Gasteiger partial charge is 0.317 e. The van der Waals surface area contributed by atoms with Crippen LogP contribution in [0.3, 0.4) is 0 Å². The number of nitrogens with one attached hydrogen (secondary N) is 1. The molecule has 6 heteroatoms. The molecule has 0 aromatic heterocycles. The number of hydrogen-bond acceptors (Lipinski definition) is 4. The van der Waals surface area contributed by atoms with Gasteiger partial charge in [-0.1, -0.05) is 6.92 Å². The van der Waals surface area contributed by atoms with E-state index in [0.717, 1.165) is 64.2 Å². The van der Waals surface area contributed by atoms with E-state index < -0.39 is 5.97 Å². The van der Waals surface area contributed by atoms with Crippen molar-refractivity contribution in [2.45, 2.75) is 64.0 Å². The third kappa shape index (κ3) is 6.11. The summed E-state index contributed by atoms with van der Waals surface area (Å²) >= 11 is 0. The van der Waals surface area contributed by atoms with Crippen LogP contribution < -0.4 is 5.32 Å². The number of rotatable bonds is 9. The minimum absolute atomic E-state index is 0.0902. The van der Waals surface area contributed by atoms with Crippen LogP contribution in [0.15, 0.2) is 0 Å². The lowest BCUT2D eigenvalue weighted by Gasteiger charge is -2.42. The number of likely N-dealkylation sites (N-methyl/N-ethyl adjacent to an activating group) is 1. The van der Waals surface area contributed by atoms with Crippen LogP contribution in [-0.4, -0.2) is 60.3 Å². The van der Waals surface area contributed by atoms with E-state index in [1.807, 2.05) is 11.8 Å². The van der Waals surface area contributed by atoms with Crippen molar-refractivity contribution < 1.29 is 19.4 Å². The van der Waals surface area contributed by atoms with E-state index in [9.17, 15) is 9.59 Å². The molecule has 0 atom stereocenters. The number of carboxylic acids is 1. The highest BCUT2D eigenvalue weighted by molar-refractivity contribution is 5.76. The van der Waals surface area contributed by atoms with Gasteiger partial charge in [0.1, 0.15) is 0 Å². The molecule has 2 aliphatic rings. The highest BCUT2D eigenvalue weighted by Gasteiger charge is 2.34. The summed E-state index contributed by atoms with van der Waals surface area (Å²) in [6, 6.07) is 0.516. The van der Waals surface area contributed by atoms with Gasteiger partial charge in [-0.2, -0.15) is 0 Å². The predicted molar refractivity (Wildman–Crippen MR) is 87.2 cm³/mol. The molecule has 0 unspecified atom stereocenters. The Labute approximate surface area is 138 Å². The predicted octanol–water partition coefficient (Wildman–Crippen LogP) is 1.64. The molecule has 0 aromatic rings. The van der Waals surface area contributed by atoms with E-state index in [2.05, 4.69) is 5.32 Å². The number of ether oxygens (including phenoxy) is 1. The third-order valence-corrected chi connectivity index (χ3v) is 5.10. The first-order valence-electron chi connectivity index (χ1n) is 8.91. The van der Waals surface area contributed by atoms with E-state index in [1.54, 1.807) is 0 Å². The van der Waals surface area contributed by atoms with Gasteiger partial charge in [0.05, 0.1) is 6.54 Å². The maximum atomic E-state index is 12.0. The van der Waals surface area contributed by atoms with Gasteiger partial charge in [-0.15, -0.1) is 0 Å². The van der Waals surface area contributed by atoms with Crippen molar-refractivity contribution >= 4 is 11.9 Å². The van der Waals surface area contributed by atoms with Crippen LogP contribution in [0.4, 0.5) is 0 Å². The number of amides is 1. The molecule has 23 heavy (non-hydrogen) atoms. The molecule has 1 amide bonds. The normalized spacial score (nSPS) is 25.1. The van der Waals surface area contributed by atoms with Crippen molar-refractivity contribution in [3.63, 3.8) is 0 Å². The van der Waals surface area contributed by atoms with Crippen LogP contribution in [0, 0.1) is 5.92 Å². The Morgan fingerprint density at radius 2 is 1.96 bits per heavy atom. The van der Waals surface area contributed by atoms with Gasteiger partial charge in [0.25, 0.3) is 0 Å². The van der Waals surface area contributed by atoms with E-state index in [-0.39, 0.29) is 18.5 Å². The molecule has 132 valence electrons. The summed E-state index contributed by atoms with van der Waals surface area (Å²) in [5.41, 5.74) is 0. The van der Waals surface area contributed by atoms with Gasteiger partial charge >= 0.3 is 5.97 Å². The topological polar surface area (TPSA) is 78.9 Å². The van der Waals surface area contributed by atoms with Crippen LogP contribution in [0.25, 0.3) is 0 Å². The summed E-state index contributed by atoms with van der Waals surface area (Å²) < 4.78 is 5.34. The Morgan fingerprint density at radius 3 is 2.57 bits per heavy atom. The Bertz CT molecular complexity index is 390. The summed E-state index contributed by atoms with van der Waals surface area (Å²) in [6.45, 7) is 4.54. The molecule has 1 saturated heterocycles. The van der Waals surface area contributed by atoms with E-state index in [4.69, 9.17) is 9.84 Å². The van der Waals surface area contributed by atoms with Gasteiger partial charge in [0.15, 0.2) is 0 Å². The zero-order valence-corrected chi connectivity index (χ0v) is 14.1. The summed E-state index contributed by atoms with van der Waals surface area (Å²) in [4.78, 5) is 24.7. The average Bonchev–Trinajstić information content (AvgIpc) is 2.49. The molecule has 1 aliphatic heterocycles. The fourth-order valence-electron chi connectivity index (χ4n) is 3.56. The van der Waals surface area contributed by atoms with Gasteiger partial charge in [0, 0.05) is 31.7 Å². The maximum Gasteiger partial charge on any atom is 0.317 e. The maximum absolute atomic E-state index is 12.0. The molecule has 6 nitrogen and oxygen atoms in total. The van der Waals surface area contributed by atoms with Crippen molar-refractivity contribution in [3.05, 3.63) is 0 Å². The largest absolute Gasteiger partial charge is 0.480 e. The van der Waals surface area contributed by atoms with Crippen molar-refractivity contribution in [2.24, 2.45) is 5.92 Å². The number of hydrogen-bond donors (Lipinski definition) is 2. The summed E-state index contributed by atoms with van der Waals surface area (Å²) in [6.07, 6.45) is 6.66. The second-order valence-corrected chi connectivity index (χ2v) is 6.79. The van der Waals surface area contributed by atoms with Crippen molar-refractivity contribution in [3.8, 4) is 0 Å². The lowest BCUT2D eigenvalue weighted by molar-refractivity contribution is -0.139. The van der Waals surface area contributed by atoms with Crippen LogP contribution in [0.2, 0.25) is 0 Å². The second-order valence-electron chi connectivity index (χ2n) is 6.79. The molecule has 2 fully saturated rings. The standard InChI is InChI=1S/C17H30N2O4/c1-2-19(12-17(21)22)15-10-14(11-15)18-16(20)5-3-4-13-6-8-23-9-7-13/h13-15H,2-12H2,1H3,(H,18,20)(H,21,22). The molecule has 2 N–H and O–H groups in total. The molecule has 0 aromatic carbocycles. The second kappa shape index (κ2) is 9.23. The van der Waals surface area contributed by atoms with E-state index in [1.165, 1.54) is 0 Å². The van der Waals surface area contributed by atoms with Crippen LogP contribution in [0.1, 0.15) is 51.9 Å². The van der Waals surface area contributed by atoms with Crippen molar-refractivity contribution in [1.82, 2.24) is 10.2 Å². The molecule has 1 heterocycles. The molecule has 2 rings (SSSR count). The molecular formula is C17H30N2O4. The molecular weight excluding hydrogens is 296 g/mol. The molecule has 0 bridgehead atoms. The zero-order valence-electron chi connectivity index (χ0n) is 14.1. The highest BCUT2D eigenvalue weighted by atomic mass is 16.5. The van der Waals surface area contributed by atoms with Crippen molar-refractivity contribution in [2.75, 3.05) is 26.3 Å². The van der Waals surface area contributed by atoms with Crippen molar-refractivity contribution in [1.29, 1.82) is 0 Å². The Morgan fingerprint density at radius 1 is 1.26 bits per heavy atom. The minimum atomic E-state index is -0.785. The number of carbonyl (C=O) groups is 2. The Hall–Kier alpha value is -1.14. The van der Waals surface area contributed by atoms with Crippen LogP contribution in [-0.2, 0) is 14.3 Å². The Kier molecular flexibility index (Phi) is 7.30. The lowest BCUT2D eigenvalue weighted by Crippen LogP contribution is -2.54. The first kappa shape index (κ1) is 18.2. The zero-order chi connectivity index (χ0) is 16.7. The summed E-state index contributed by atoms with van der Waals surface area (Å²) in [5.74, 6) is 0.0769. The average molecular weight is 326 g/mol. The molecule has 0 spiro atoms. The van der Waals surface area contributed by atoms with Gasteiger partial charge < -0.3 is 15.2 Å². The monoisotopic (exact) mass is 326 g/mol. The van der Waals surface area contributed by atoms with Gasteiger partial charge in [0.2, 0.25) is 5.91 Å². The summed E-state index contributed by atoms with van der Waals surface area (Å²) in [5, 5.41) is 12.0. The first-order valence-corrected chi connectivity index (χ1v) is 8.91. The molecule has 1 saturated carbocycles. The van der Waals surface area contributed by atoms with E-state index in [0.29, 0.717) is 12.5 Å². The van der Waals surface area contributed by atoms with E-state index >= 15 is 0 Å². The molecule has 1 aliphatic carbocycles. The fraction of sp³-hybridized carbons (Fsp3) is 0.882. The highest BCUT2D eigenvalue weighted by Crippen LogP contribution is 2.26. The fourth-order valence-corrected chi connectivity index (χ4v) is 3.56. The van der Waals surface area contributed by atoms with Gasteiger partial charge in [-0.25, -0.2) is 0 Å². The van der Waals surface area contributed by atoms with Crippen LogP contribution >= 0.6 is 0 Å². The Balaban J connectivity index is 1.55. The third-order valence-electron chi connectivity index (χ3n) is 5.10. The van der Waals surface area contributed by atoms with Crippen LogP contribution in [0.5, 0.6) is 0 Å². The van der Waals surface area contributed by atoms with Gasteiger partial charge in [-0.05, 0) is 51.0 Å². The molecule has 0 radical (unpaired) electrons. The van der Waals surface area contributed by atoms with Gasteiger partial charge in [-0.3, -0.25) is 14.5 Å². The SMILES string of the molecule is CCN(CC(=O)O)C1CC(NC(=O)CCCC2CCOCC2)C1. The minimum Gasteiger partial charge on any atom is -0.480 e.